The van der Waals surface area contributed by atoms with Gasteiger partial charge in [-0.05, 0) is 46.3 Å². The summed E-state index contributed by atoms with van der Waals surface area (Å²) in [5.41, 5.74) is 7.04. The molecular formula is C15H12BrN3O3S. The molecule has 0 saturated carbocycles. The molecule has 8 heteroatoms. The Kier molecular flexibility index (Phi) is 4.35. The van der Waals surface area contributed by atoms with E-state index in [4.69, 9.17) is 15.2 Å². The molecule has 3 rings (SSSR count). The first kappa shape index (κ1) is 15.6. The van der Waals surface area contributed by atoms with Crippen LogP contribution in [0.3, 0.4) is 0 Å². The van der Waals surface area contributed by atoms with Crippen LogP contribution in [-0.2, 0) is 0 Å². The molecular weight excluding hydrogens is 382 g/mol. The molecule has 0 spiro atoms. The second-order valence-corrected chi connectivity index (χ2v) is 6.39. The van der Waals surface area contributed by atoms with Crippen LogP contribution >= 0.6 is 27.3 Å². The van der Waals surface area contributed by atoms with E-state index in [0.29, 0.717) is 22.7 Å². The predicted octanol–water partition coefficient (Wildman–Crippen LogP) is 4.15. The normalized spacial score (nSPS) is 10.5. The van der Waals surface area contributed by atoms with Gasteiger partial charge in [0.15, 0.2) is 0 Å². The lowest BCUT2D eigenvalue weighted by Crippen LogP contribution is -2.21. The number of halogens is 1. The highest BCUT2D eigenvalue weighted by atomic mass is 79.9. The van der Waals surface area contributed by atoms with Crippen molar-refractivity contribution in [3.8, 4) is 16.7 Å². The van der Waals surface area contributed by atoms with Gasteiger partial charge in [0, 0.05) is 23.3 Å². The zero-order valence-electron chi connectivity index (χ0n) is 12.0. The summed E-state index contributed by atoms with van der Waals surface area (Å²) >= 11 is 4.72. The maximum absolute atomic E-state index is 11.3. The molecule has 6 nitrogen and oxygen atoms in total. The third-order valence-corrected chi connectivity index (χ3v) is 4.39. The van der Waals surface area contributed by atoms with Crippen LogP contribution in [0.1, 0.15) is 0 Å². The van der Waals surface area contributed by atoms with Gasteiger partial charge >= 0.3 is 6.09 Å². The largest absolute Gasteiger partial charge is 0.457 e. The van der Waals surface area contributed by atoms with E-state index in [-0.39, 0.29) is 5.19 Å². The van der Waals surface area contributed by atoms with Crippen molar-refractivity contribution >= 4 is 49.3 Å². The molecule has 118 valence electrons. The van der Waals surface area contributed by atoms with E-state index in [1.807, 2.05) is 12.1 Å². The maximum atomic E-state index is 11.3. The van der Waals surface area contributed by atoms with Gasteiger partial charge < -0.3 is 20.5 Å². The number of aromatic nitrogens is 1. The molecule has 0 aliphatic heterocycles. The van der Waals surface area contributed by atoms with Crippen molar-refractivity contribution in [2.45, 2.75) is 0 Å². The molecule has 0 saturated heterocycles. The van der Waals surface area contributed by atoms with Crippen LogP contribution in [0.5, 0.6) is 16.7 Å². The van der Waals surface area contributed by atoms with Gasteiger partial charge in [-0.15, -0.1) is 0 Å². The third-order valence-electron chi connectivity index (χ3n) is 2.90. The number of anilines is 1. The Bertz CT molecular complexity index is 864. The van der Waals surface area contributed by atoms with Gasteiger partial charge in [-0.2, -0.15) is 0 Å². The monoisotopic (exact) mass is 393 g/mol. The summed E-state index contributed by atoms with van der Waals surface area (Å²) < 4.78 is 12.5. The first-order valence-corrected chi connectivity index (χ1v) is 8.19. The highest BCUT2D eigenvalue weighted by Crippen LogP contribution is 2.37. The summed E-state index contributed by atoms with van der Waals surface area (Å²) in [5, 5.41) is 2.65. The molecule has 1 aromatic heterocycles. The van der Waals surface area contributed by atoms with Gasteiger partial charge in [-0.3, -0.25) is 0 Å². The summed E-state index contributed by atoms with van der Waals surface area (Å²) in [6, 6.07) is 10.8. The van der Waals surface area contributed by atoms with E-state index >= 15 is 0 Å². The number of fused-ring (bicyclic) bond motifs is 1. The van der Waals surface area contributed by atoms with Crippen LogP contribution in [-0.4, -0.2) is 18.1 Å². The Hall–Kier alpha value is -2.32. The Morgan fingerprint density at radius 1 is 1.26 bits per heavy atom. The zero-order valence-corrected chi connectivity index (χ0v) is 14.4. The lowest BCUT2D eigenvalue weighted by molar-refractivity contribution is 0.203. The van der Waals surface area contributed by atoms with Crippen molar-refractivity contribution in [3.63, 3.8) is 0 Å². The molecule has 2 aromatic carbocycles. The molecule has 3 aromatic rings. The fourth-order valence-electron chi connectivity index (χ4n) is 1.85. The number of ether oxygens (including phenoxy) is 2. The Morgan fingerprint density at radius 2 is 2.00 bits per heavy atom. The van der Waals surface area contributed by atoms with Crippen LogP contribution in [0.15, 0.2) is 40.9 Å². The number of carbonyl (C=O) groups excluding carboxylic acids is 1. The molecule has 0 aliphatic rings. The number of nitrogen functional groups attached to an aromatic ring is 1. The van der Waals surface area contributed by atoms with E-state index in [9.17, 15) is 4.79 Å². The van der Waals surface area contributed by atoms with Gasteiger partial charge in [-0.25, -0.2) is 9.78 Å². The van der Waals surface area contributed by atoms with Crippen molar-refractivity contribution in [1.82, 2.24) is 10.3 Å². The average Bonchev–Trinajstić information content (AvgIpc) is 2.92. The summed E-state index contributed by atoms with van der Waals surface area (Å²) in [5.74, 6) is 1.32. The molecule has 0 aliphatic carbocycles. The number of carbonyl (C=O) groups is 1. The van der Waals surface area contributed by atoms with Crippen LogP contribution in [0.4, 0.5) is 10.5 Å². The minimum absolute atomic E-state index is 0.268. The van der Waals surface area contributed by atoms with E-state index < -0.39 is 6.09 Å². The van der Waals surface area contributed by atoms with Crippen LogP contribution in [0, 0.1) is 0 Å². The van der Waals surface area contributed by atoms with Crippen molar-refractivity contribution < 1.29 is 14.3 Å². The first-order chi connectivity index (χ1) is 11.0. The molecule has 0 unspecified atom stereocenters. The fourth-order valence-corrected chi connectivity index (χ4v) is 3.38. The van der Waals surface area contributed by atoms with Crippen molar-refractivity contribution in [2.75, 3.05) is 12.8 Å². The molecule has 0 fully saturated rings. The molecule has 0 radical (unpaired) electrons. The maximum Gasteiger partial charge on any atom is 0.414 e. The Morgan fingerprint density at radius 3 is 2.70 bits per heavy atom. The standard InChI is InChI=1S/C15H12BrN3O3S/c1-18-14(20)22-15-19-13-11(16)6-10(7-12(13)23-15)21-9-4-2-8(17)3-5-9/h2-7H,17H2,1H3,(H,18,20). The van der Waals surface area contributed by atoms with Crippen molar-refractivity contribution in [2.24, 2.45) is 0 Å². The zero-order chi connectivity index (χ0) is 16.4. The first-order valence-electron chi connectivity index (χ1n) is 6.58. The van der Waals surface area contributed by atoms with E-state index in [2.05, 4.69) is 26.2 Å². The molecule has 0 bridgehead atoms. The van der Waals surface area contributed by atoms with Gasteiger partial charge in [0.05, 0.1) is 10.2 Å². The number of nitrogens with two attached hydrogens (primary N) is 1. The summed E-state index contributed by atoms with van der Waals surface area (Å²) in [7, 11) is 1.49. The minimum atomic E-state index is -0.557. The Balaban J connectivity index is 1.90. The fraction of sp³-hybridized carbons (Fsp3) is 0.0667. The lowest BCUT2D eigenvalue weighted by Gasteiger charge is -2.06. The number of hydrogen-bond acceptors (Lipinski definition) is 6. The summed E-state index contributed by atoms with van der Waals surface area (Å²) in [4.78, 5) is 15.5. The third kappa shape index (κ3) is 3.54. The van der Waals surface area contributed by atoms with E-state index in [1.54, 1.807) is 24.3 Å². The highest BCUT2D eigenvalue weighted by molar-refractivity contribution is 9.10. The number of nitrogens with zero attached hydrogens (tertiary/aromatic N) is 1. The minimum Gasteiger partial charge on any atom is -0.457 e. The number of thiazole rings is 1. The molecule has 1 amide bonds. The highest BCUT2D eigenvalue weighted by Gasteiger charge is 2.13. The summed E-state index contributed by atoms with van der Waals surface area (Å²) in [6.45, 7) is 0. The number of nitrogens with one attached hydrogen (secondary N) is 1. The van der Waals surface area contributed by atoms with Gasteiger partial charge in [-0.1, -0.05) is 11.3 Å². The molecule has 1 heterocycles. The van der Waals surface area contributed by atoms with Gasteiger partial charge in [0.1, 0.15) is 11.5 Å². The molecule has 3 N–H and O–H groups in total. The van der Waals surface area contributed by atoms with Crippen LogP contribution < -0.4 is 20.5 Å². The number of hydrogen-bond donors (Lipinski definition) is 2. The van der Waals surface area contributed by atoms with E-state index in [0.717, 1.165) is 9.17 Å². The second kappa shape index (κ2) is 6.43. The average molecular weight is 394 g/mol. The van der Waals surface area contributed by atoms with Crippen LogP contribution in [0.2, 0.25) is 0 Å². The quantitative estimate of drug-likeness (QED) is 0.652. The molecule has 0 atom stereocenters. The van der Waals surface area contributed by atoms with Gasteiger partial charge in [0.2, 0.25) is 0 Å². The van der Waals surface area contributed by atoms with Crippen molar-refractivity contribution in [1.29, 1.82) is 0 Å². The SMILES string of the molecule is CNC(=O)Oc1nc2c(Br)cc(Oc3ccc(N)cc3)cc2s1. The Labute approximate surface area is 144 Å². The smallest absolute Gasteiger partial charge is 0.414 e. The predicted molar refractivity (Wildman–Crippen MR) is 93.3 cm³/mol. The van der Waals surface area contributed by atoms with Crippen molar-refractivity contribution in [3.05, 3.63) is 40.9 Å². The van der Waals surface area contributed by atoms with Crippen LogP contribution in [0.25, 0.3) is 10.2 Å². The lowest BCUT2D eigenvalue weighted by atomic mass is 10.3. The van der Waals surface area contributed by atoms with Gasteiger partial charge in [0.25, 0.3) is 5.19 Å². The van der Waals surface area contributed by atoms with E-state index in [1.165, 1.54) is 18.4 Å². The number of rotatable bonds is 3. The molecule has 23 heavy (non-hydrogen) atoms. The topological polar surface area (TPSA) is 86.5 Å². The summed E-state index contributed by atoms with van der Waals surface area (Å²) in [6.07, 6.45) is -0.557. The number of amides is 1. The second-order valence-electron chi connectivity index (χ2n) is 4.54. The number of benzene rings is 2.